The van der Waals surface area contributed by atoms with Gasteiger partial charge in [0.2, 0.25) is 0 Å². The van der Waals surface area contributed by atoms with Gasteiger partial charge < -0.3 is 15.2 Å². The summed E-state index contributed by atoms with van der Waals surface area (Å²) in [5.41, 5.74) is -0.195. The summed E-state index contributed by atoms with van der Waals surface area (Å²) < 4.78 is 5.29. The van der Waals surface area contributed by atoms with Crippen LogP contribution in [-0.4, -0.2) is 36.0 Å². The predicted molar refractivity (Wildman–Crippen MR) is 62.3 cm³/mol. The second kappa shape index (κ2) is 3.69. The molecule has 0 radical (unpaired) electrons. The number of fused-ring (bicyclic) bond motifs is 2. The molecule has 92 valence electrons. The highest BCUT2D eigenvalue weighted by Gasteiger charge is 2.46. The lowest BCUT2D eigenvalue weighted by Crippen LogP contribution is -2.58. The zero-order chi connectivity index (χ0) is 11.2. The number of ether oxygens (including phenoxy) is 1. The van der Waals surface area contributed by atoms with Crippen molar-refractivity contribution < 1.29 is 9.84 Å². The highest BCUT2D eigenvalue weighted by atomic mass is 16.5. The predicted octanol–water partition coefficient (Wildman–Crippen LogP) is 1.45. The van der Waals surface area contributed by atoms with E-state index in [4.69, 9.17) is 4.74 Å². The average Bonchev–Trinajstić information content (AvgIpc) is 2.13. The summed E-state index contributed by atoms with van der Waals surface area (Å²) in [6.45, 7) is 3.91. The lowest BCUT2D eigenvalue weighted by molar-refractivity contribution is -0.154. The second-order valence-electron chi connectivity index (χ2n) is 6.60. The molecule has 2 unspecified atom stereocenters. The summed E-state index contributed by atoms with van der Waals surface area (Å²) in [4.78, 5) is 0. The second-order valence-corrected chi connectivity index (χ2v) is 6.60. The van der Waals surface area contributed by atoms with Crippen LogP contribution < -0.4 is 5.32 Å². The van der Waals surface area contributed by atoms with Crippen molar-refractivity contribution in [2.75, 3.05) is 13.2 Å². The molecule has 0 aromatic heterocycles. The maximum Gasteiger partial charge on any atom is 0.0684 e. The van der Waals surface area contributed by atoms with Crippen molar-refractivity contribution in [2.24, 2.45) is 5.41 Å². The van der Waals surface area contributed by atoms with Gasteiger partial charge in [0.1, 0.15) is 0 Å². The zero-order valence-electron chi connectivity index (χ0n) is 10.2. The van der Waals surface area contributed by atoms with Crippen LogP contribution in [0.2, 0.25) is 0 Å². The van der Waals surface area contributed by atoms with Crippen molar-refractivity contribution >= 4 is 0 Å². The molecular weight excluding hydrogens is 202 g/mol. The van der Waals surface area contributed by atoms with E-state index < -0.39 is 5.60 Å². The average molecular weight is 225 g/mol. The minimum absolute atomic E-state index is 0.236. The molecule has 0 amide bonds. The maximum absolute atomic E-state index is 10.8. The van der Waals surface area contributed by atoms with E-state index in [0.717, 1.165) is 32.5 Å². The van der Waals surface area contributed by atoms with Gasteiger partial charge in [-0.1, -0.05) is 13.3 Å². The normalized spacial score (nSPS) is 46.1. The van der Waals surface area contributed by atoms with Gasteiger partial charge in [0.25, 0.3) is 0 Å². The lowest BCUT2D eigenvalue weighted by atomic mass is 9.69. The van der Waals surface area contributed by atoms with Gasteiger partial charge in [0.05, 0.1) is 18.8 Å². The molecule has 3 saturated heterocycles. The molecule has 2 bridgehead atoms. The van der Waals surface area contributed by atoms with Crippen LogP contribution in [0.15, 0.2) is 0 Å². The topological polar surface area (TPSA) is 41.5 Å². The van der Waals surface area contributed by atoms with E-state index in [1.807, 2.05) is 0 Å². The number of rotatable bonds is 2. The van der Waals surface area contributed by atoms with Crippen molar-refractivity contribution in [3.05, 3.63) is 0 Å². The van der Waals surface area contributed by atoms with Crippen LogP contribution in [-0.2, 0) is 4.74 Å². The molecule has 3 fully saturated rings. The number of aliphatic hydroxyl groups is 1. The van der Waals surface area contributed by atoms with Gasteiger partial charge in [-0.2, -0.15) is 0 Å². The van der Waals surface area contributed by atoms with Crippen molar-refractivity contribution in [1.82, 2.24) is 5.32 Å². The third-order valence-corrected chi connectivity index (χ3v) is 4.49. The van der Waals surface area contributed by atoms with Crippen LogP contribution in [0.3, 0.4) is 0 Å². The first-order valence-corrected chi connectivity index (χ1v) is 6.63. The fraction of sp³-hybridized carbons (Fsp3) is 1.00. The van der Waals surface area contributed by atoms with Gasteiger partial charge in [0, 0.05) is 17.5 Å². The Balaban J connectivity index is 1.68. The Morgan fingerprint density at radius 2 is 1.88 bits per heavy atom. The third-order valence-electron chi connectivity index (χ3n) is 4.49. The van der Waals surface area contributed by atoms with Crippen molar-refractivity contribution in [2.45, 2.75) is 63.1 Å². The molecule has 3 nitrogen and oxygen atoms in total. The molecule has 0 aliphatic carbocycles. The molecule has 0 spiro atoms. The molecule has 2 atom stereocenters. The molecule has 16 heavy (non-hydrogen) atoms. The van der Waals surface area contributed by atoms with Crippen LogP contribution in [0.1, 0.15) is 45.4 Å². The largest absolute Gasteiger partial charge is 0.390 e. The van der Waals surface area contributed by atoms with Gasteiger partial charge in [-0.3, -0.25) is 0 Å². The number of hydrogen-bond donors (Lipinski definition) is 2. The molecule has 3 heteroatoms. The number of nitrogens with one attached hydrogen (secondary N) is 1. The molecule has 3 aliphatic heterocycles. The van der Waals surface area contributed by atoms with Crippen molar-refractivity contribution in [3.8, 4) is 0 Å². The first-order valence-electron chi connectivity index (χ1n) is 6.63. The molecule has 3 heterocycles. The van der Waals surface area contributed by atoms with Crippen LogP contribution in [0.4, 0.5) is 0 Å². The summed E-state index contributed by atoms with van der Waals surface area (Å²) >= 11 is 0. The molecule has 3 rings (SSSR count). The molecule has 0 aromatic rings. The Morgan fingerprint density at radius 1 is 1.25 bits per heavy atom. The zero-order valence-corrected chi connectivity index (χ0v) is 10.2. The Morgan fingerprint density at radius 3 is 2.38 bits per heavy atom. The minimum atomic E-state index is -0.431. The minimum Gasteiger partial charge on any atom is -0.390 e. The van der Waals surface area contributed by atoms with Gasteiger partial charge >= 0.3 is 0 Å². The first kappa shape index (κ1) is 11.0. The smallest absolute Gasteiger partial charge is 0.0684 e. The Bertz CT molecular complexity index is 263. The number of hydrogen-bond acceptors (Lipinski definition) is 3. The SMILES string of the molecule is CC1(CC2(O)CC3CCCC(C2)N3)COC1. The van der Waals surface area contributed by atoms with E-state index in [1.165, 1.54) is 19.3 Å². The fourth-order valence-corrected chi connectivity index (χ4v) is 3.92. The summed E-state index contributed by atoms with van der Waals surface area (Å²) in [5, 5.41) is 14.4. The number of piperidine rings is 2. The van der Waals surface area contributed by atoms with Crippen LogP contribution >= 0.6 is 0 Å². The molecule has 0 aromatic carbocycles. The van der Waals surface area contributed by atoms with Gasteiger partial charge in [-0.05, 0) is 32.1 Å². The van der Waals surface area contributed by atoms with Gasteiger partial charge in [0.15, 0.2) is 0 Å². The lowest BCUT2D eigenvalue weighted by Gasteiger charge is -2.50. The molecular formula is C13H23NO2. The van der Waals surface area contributed by atoms with Crippen LogP contribution in [0.5, 0.6) is 0 Å². The summed E-state index contributed by atoms with van der Waals surface area (Å²) in [7, 11) is 0. The van der Waals surface area contributed by atoms with E-state index in [9.17, 15) is 5.11 Å². The summed E-state index contributed by atoms with van der Waals surface area (Å²) in [5.74, 6) is 0. The Hall–Kier alpha value is -0.120. The van der Waals surface area contributed by atoms with Gasteiger partial charge in [-0.15, -0.1) is 0 Å². The van der Waals surface area contributed by atoms with Gasteiger partial charge in [-0.25, -0.2) is 0 Å². The van der Waals surface area contributed by atoms with Crippen LogP contribution in [0.25, 0.3) is 0 Å². The van der Waals surface area contributed by atoms with E-state index >= 15 is 0 Å². The Kier molecular flexibility index (Phi) is 2.54. The molecule has 0 saturated carbocycles. The van der Waals surface area contributed by atoms with Crippen molar-refractivity contribution in [1.29, 1.82) is 0 Å². The first-order chi connectivity index (χ1) is 7.57. The molecule has 3 aliphatic rings. The summed E-state index contributed by atoms with van der Waals surface area (Å²) in [6.07, 6.45) is 6.63. The van der Waals surface area contributed by atoms with E-state index in [2.05, 4.69) is 12.2 Å². The van der Waals surface area contributed by atoms with Crippen molar-refractivity contribution in [3.63, 3.8) is 0 Å². The quantitative estimate of drug-likeness (QED) is 0.747. The molecule has 2 N–H and O–H groups in total. The monoisotopic (exact) mass is 225 g/mol. The van der Waals surface area contributed by atoms with E-state index in [-0.39, 0.29) is 5.41 Å². The fourth-order valence-electron chi connectivity index (χ4n) is 3.92. The third kappa shape index (κ3) is 2.01. The van der Waals surface area contributed by atoms with E-state index in [1.54, 1.807) is 0 Å². The summed E-state index contributed by atoms with van der Waals surface area (Å²) in [6, 6.07) is 1.11. The maximum atomic E-state index is 10.8. The van der Waals surface area contributed by atoms with Crippen LogP contribution in [0, 0.1) is 5.41 Å². The highest BCUT2D eigenvalue weighted by molar-refractivity contribution is 5.01. The standard InChI is InChI=1S/C13H23NO2/c1-12(8-16-9-12)7-13(15)5-10-3-2-4-11(6-13)14-10/h10-11,14-15H,2-9H2,1H3. The Labute approximate surface area is 97.6 Å². The van der Waals surface area contributed by atoms with E-state index in [0.29, 0.717) is 12.1 Å². The highest BCUT2D eigenvalue weighted by Crippen LogP contribution is 2.42.